The van der Waals surface area contributed by atoms with E-state index < -0.39 is 23.6 Å². The molecule has 8 nitrogen and oxygen atoms in total. The highest BCUT2D eigenvalue weighted by Crippen LogP contribution is 2.32. The Bertz CT molecular complexity index is 1280. The first kappa shape index (κ1) is 26.0. The molecule has 4 rings (SSSR count). The van der Waals surface area contributed by atoms with Crippen LogP contribution in [-0.2, 0) is 9.53 Å². The van der Waals surface area contributed by atoms with E-state index in [2.05, 4.69) is 4.57 Å². The zero-order chi connectivity index (χ0) is 26.7. The van der Waals surface area contributed by atoms with E-state index in [1.165, 1.54) is 0 Å². The molecular weight excluding hydrogens is 468 g/mol. The molecule has 2 aromatic carbocycles. The zero-order valence-electron chi connectivity index (χ0n) is 21.8. The smallest absolute Gasteiger partial charge is 0.410 e. The van der Waals surface area contributed by atoms with Crippen molar-refractivity contribution < 1.29 is 19.1 Å². The van der Waals surface area contributed by atoms with E-state index in [9.17, 15) is 14.4 Å². The summed E-state index contributed by atoms with van der Waals surface area (Å²) in [6.45, 7) is 8.11. The van der Waals surface area contributed by atoms with Gasteiger partial charge in [-0.15, -0.1) is 0 Å². The van der Waals surface area contributed by atoms with E-state index in [1.807, 2.05) is 73.7 Å². The monoisotopic (exact) mass is 502 g/mol. The molecular formula is C29H34N4O4. The highest BCUT2D eigenvalue weighted by molar-refractivity contribution is 6.01. The molecule has 1 saturated heterocycles. The lowest BCUT2D eigenvalue weighted by Crippen LogP contribution is -2.58. The molecule has 3 aromatic rings. The van der Waals surface area contributed by atoms with Crippen LogP contribution in [0.15, 0.2) is 66.7 Å². The average molecular weight is 503 g/mol. The molecule has 8 heteroatoms. The summed E-state index contributed by atoms with van der Waals surface area (Å²) in [5, 5.41) is 0. The molecule has 0 bridgehead atoms. The first-order chi connectivity index (χ1) is 17.5. The number of aryl methyl sites for hydroxylation is 1. The molecule has 0 spiro atoms. The second-order valence-corrected chi connectivity index (χ2v) is 10.3. The van der Waals surface area contributed by atoms with Crippen LogP contribution in [0.1, 0.15) is 43.2 Å². The Balaban J connectivity index is 1.72. The Hall–Kier alpha value is -4.07. The van der Waals surface area contributed by atoms with Crippen molar-refractivity contribution in [1.29, 1.82) is 0 Å². The largest absolute Gasteiger partial charge is 0.444 e. The highest BCUT2D eigenvalue weighted by Gasteiger charge is 2.37. The van der Waals surface area contributed by atoms with Gasteiger partial charge in [-0.05, 0) is 51.5 Å². The highest BCUT2D eigenvalue weighted by atomic mass is 16.6. The molecule has 1 atom stereocenters. The van der Waals surface area contributed by atoms with Gasteiger partial charge in [-0.25, -0.2) is 4.79 Å². The lowest BCUT2D eigenvalue weighted by molar-refractivity contribution is -0.119. The minimum absolute atomic E-state index is 0.0515. The molecule has 3 amide bonds. The first-order valence-corrected chi connectivity index (χ1v) is 12.5. The van der Waals surface area contributed by atoms with Crippen LogP contribution in [0.4, 0.5) is 4.79 Å². The number of hydrogen-bond acceptors (Lipinski definition) is 4. The van der Waals surface area contributed by atoms with Gasteiger partial charge in [0.15, 0.2) is 0 Å². The number of benzene rings is 2. The number of rotatable bonds is 5. The molecule has 2 N–H and O–H groups in total. The van der Waals surface area contributed by atoms with Gasteiger partial charge in [0.05, 0.1) is 17.3 Å². The maximum Gasteiger partial charge on any atom is 0.410 e. The predicted molar refractivity (Wildman–Crippen MR) is 142 cm³/mol. The molecule has 1 aromatic heterocycles. The standard InChI is InChI=1S/C29H34N4O4/c1-20-17-24(26(21-11-7-5-8-12-21)33(20)22-13-9-6-10-14-22)27(35)32-16-15-31(19-23(32)18-25(30)34)28(36)37-29(2,3)4/h5-14,17,23H,15-16,18-19H2,1-4H3,(H2,30,34). The van der Waals surface area contributed by atoms with Crippen molar-refractivity contribution in [3.8, 4) is 16.9 Å². The van der Waals surface area contributed by atoms with Gasteiger partial charge in [0.25, 0.3) is 5.91 Å². The number of primary amides is 1. The maximum absolute atomic E-state index is 14.1. The number of hydrogen-bond donors (Lipinski definition) is 1. The fourth-order valence-corrected chi connectivity index (χ4v) is 4.77. The van der Waals surface area contributed by atoms with Gasteiger partial charge in [-0.2, -0.15) is 0 Å². The summed E-state index contributed by atoms with van der Waals surface area (Å²) in [7, 11) is 0. The molecule has 1 fully saturated rings. The van der Waals surface area contributed by atoms with Crippen LogP contribution < -0.4 is 5.73 Å². The van der Waals surface area contributed by atoms with Gasteiger partial charge in [0, 0.05) is 37.4 Å². The summed E-state index contributed by atoms with van der Waals surface area (Å²) in [6.07, 6.45) is -0.519. The van der Waals surface area contributed by atoms with Gasteiger partial charge in [0.1, 0.15) is 5.60 Å². The fourth-order valence-electron chi connectivity index (χ4n) is 4.77. The number of piperazine rings is 1. The summed E-state index contributed by atoms with van der Waals surface area (Å²) in [6, 6.07) is 21.0. The van der Waals surface area contributed by atoms with E-state index in [1.54, 1.807) is 30.6 Å². The van der Waals surface area contributed by atoms with E-state index in [0.717, 1.165) is 22.6 Å². The summed E-state index contributed by atoms with van der Waals surface area (Å²) >= 11 is 0. The summed E-state index contributed by atoms with van der Waals surface area (Å²) < 4.78 is 7.59. The van der Waals surface area contributed by atoms with Crippen LogP contribution in [0.2, 0.25) is 0 Å². The predicted octanol–water partition coefficient (Wildman–Crippen LogP) is 4.39. The number of aromatic nitrogens is 1. The second kappa shape index (κ2) is 10.5. The van der Waals surface area contributed by atoms with Crippen molar-refractivity contribution in [3.05, 3.63) is 78.0 Å². The van der Waals surface area contributed by atoms with Crippen molar-refractivity contribution in [3.63, 3.8) is 0 Å². The van der Waals surface area contributed by atoms with E-state index >= 15 is 0 Å². The van der Waals surface area contributed by atoms with Crippen LogP contribution in [0.5, 0.6) is 0 Å². The SMILES string of the molecule is Cc1cc(C(=O)N2CCN(C(=O)OC(C)(C)C)CC2CC(N)=O)c(-c2ccccc2)n1-c1ccccc1. The van der Waals surface area contributed by atoms with Gasteiger partial charge >= 0.3 is 6.09 Å². The van der Waals surface area contributed by atoms with Gasteiger partial charge < -0.3 is 24.8 Å². The third-order valence-corrected chi connectivity index (χ3v) is 6.31. The van der Waals surface area contributed by atoms with Gasteiger partial charge in [-0.1, -0.05) is 48.5 Å². The summed E-state index contributed by atoms with van der Waals surface area (Å²) in [4.78, 5) is 42.0. The lowest BCUT2D eigenvalue weighted by atomic mass is 10.0. The quantitative estimate of drug-likeness (QED) is 0.560. The van der Waals surface area contributed by atoms with Crippen molar-refractivity contribution in [2.45, 2.75) is 45.8 Å². The fraction of sp³-hybridized carbons (Fsp3) is 0.345. The van der Waals surface area contributed by atoms with Crippen molar-refractivity contribution in [1.82, 2.24) is 14.4 Å². The van der Waals surface area contributed by atoms with Crippen LogP contribution in [0.25, 0.3) is 16.9 Å². The normalized spacial score (nSPS) is 15.9. The van der Waals surface area contributed by atoms with Crippen LogP contribution >= 0.6 is 0 Å². The van der Waals surface area contributed by atoms with Crippen LogP contribution in [0, 0.1) is 6.92 Å². The van der Waals surface area contributed by atoms with Gasteiger partial charge in [0.2, 0.25) is 5.91 Å². The topological polar surface area (TPSA) is 97.9 Å². The molecule has 37 heavy (non-hydrogen) atoms. The van der Waals surface area contributed by atoms with Gasteiger partial charge in [-0.3, -0.25) is 9.59 Å². The number of carbonyl (C=O) groups is 3. The Morgan fingerprint density at radius 3 is 2.19 bits per heavy atom. The summed E-state index contributed by atoms with van der Waals surface area (Å²) in [5.41, 5.74) is 8.98. The zero-order valence-corrected chi connectivity index (χ0v) is 21.8. The molecule has 1 aliphatic rings. The minimum Gasteiger partial charge on any atom is -0.444 e. The molecule has 0 saturated carbocycles. The number of nitrogens with two attached hydrogens (primary N) is 1. The molecule has 1 unspecified atom stereocenters. The molecule has 0 radical (unpaired) electrons. The average Bonchev–Trinajstić information content (AvgIpc) is 3.20. The number of ether oxygens (including phenoxy) is 1. The Labute approximate surface area is 217 Å². The Morgan fingerprint density at radius 1 is 0.973 bits per heavy atom. The van der Waals surface area contributed by atoms with Crippen molar-refractivity contribution in [2.75, 3.05) is 19.6 Å². The Kier molecular flexibility index (Phi) is 7.38. The van der Waals surface area contributed by atoms with E-state index in [4.69, 9.17) is 10.5 Å². The third kappa shape index (κ3) is 5.85. The number of para-hydroxylation sites is 1. The first-order valence-electron chi connectivity index (χ1n) is 12.5. The summed E-state index contributed by atoms with van der Waals surface area (Å²) in [5.74, 6) is -0.734. The minimum atomic E-state index is -0.647. The van der Waals surface area contributed by atoms with Crippen LogP contribution in [0.3, 0.4) is 0 Å². The number of nitrogens with zero attached hydrogens (tertiary/aromatic N) is 3. The number of carbonyl (C=O) groups excluding carboxylic acids is 3. The van der Waals surface area contributed by atoms with E-state index in [-0.39, 0.29) is 25.4 Å². The van der Waals surface area contributed by atoms with Crippen LogP contribution in [-0.4, -0.2) is 63.6 Å². The molecule has 1 aliphatic heterocycles. The third-order valence-electron chi connectivity index (χ3n) is 6.31. The maximum atomic E-state index is 14.1. The second-order valence-electron chi connectivity index (χ2n) is 10.3. The van der Waals surface area contributed by atoms with Crippen molar-refractivity contribution in [2.24, 2.45) is 5.73 Å². The number of amides is 3. The van der Waals surface area contributed by atoms with Crippen molar-refractivity contribution >= 4 is 17.9 Å². The van der Waals surface area contributed by atoms with E-state index in [0.29, 0.717) is 12.1 Å². The lowest BCUT2D eigenvalue weighted by Gasteiger charge is -2.41. The Morgan fingerprint density at radius 2 is 1.59 bits per heavy atom. The molecule has 0 aliphatic carbocycles. The molecule has 2 heterocycles. The molecule has 194 valence electrons.